The predicted octanol–water partition coefficient (Wildman–Crippen LogP) is 3.58. The van der Waals surface area contributed by atoms with Crippen LogP contribution in [0.1, 0.15) is 26.2 Å². The summed E-state index contributed by atoms with van der Waals surface area (Å²) in [7, 11) is 0. The van der Waals surface area contributed by atoms with Gasteiger partial charge in [0.1, 0.15) is 6.04 Å². The molecule has 27 heavy (non-hydrogen) atoms. The molecule has 0 spiro atoms. The second-order valence-electron chi connectivity index (χ2n) is 6.12. The van der Waals surface area contributed by atoms with Crippen LogP contribution in [0.5, 0.6) is 0 Å². The molecule has 1 heterocycles. The van der Waals surface area contributed by atoms with E-state index in [9.17, 15) is 14.4 Å². The van der Waals surface area contributed by atoms with E-state index >= 15 is 0 Å². The minimum Gasteiger partial charge on any atom is -0.450 e. The van der Waals surface area contributed by atoms with Crippen molar-refractivity contribution in [3.8, 4) is 0 Å². The number of amides is 3. The monoisotopic (exact) mass is 417 g/mol. The highest BCUT2D eigenvalue weighted by molar-refractivity contribution is 6.42. The van der Waals surface area contributed by atoms with Gasteiger partial charge in [-0.15, -0.1) is 0 Å². The highest BCUT2D eigenvalue weighted by atomic mass is 35.5. The van der Waals surface area contributed by atoms with Crippen molar-refractivity contribution in [2.75, 3.05) is 18.4 Å². The van der Waals surface area contributed by atoms with Gasteiger partial charge >= 0.3 is 12.2 Å². The Morgan fingerprint density at radius 1 is 1.30 bits per heavy atom. The molecule has 1 aliphatic rings. The van der Waals surface area contributed by atoms with E-state index in [1.165, 1.54) is 17.0 Å². The molecule has 1 aromatic carbocycles. The lowest BCUT2D eigenvalue weighted by Crippen LogP contribution is -2.48. The zero-order chi connectivity index (χ0) is 20.0. The molecule has 0 aromatic heterocycles. The number of unbranched alkanes of at least 4 members (excludes halogenated alkanes) is 2. The van der Waals surface area contributed by atoms with Crippen molar-refractivity contribution in [3.63, 3.8) is 0 Å². The molecule has 0 saturated carbocycles. The zero-order valence-corrected chi connectivity index (χ0v) is 16.2. The van der Waals surface area contributed by atoms with Gasteiger partial charge in [0.25, 0.3) is 0 Å². The second kappa shape index (κ2) is 9.66. The molecule has 0 bridgehead atoms. The molecule has 2 rings (SSSR count). The third-order valence-corrected chi connectivity index (χ3v) is 4.84. The average molecular weight is 418 g/mol. The van der Waals surface area contributed by atoms with Gasteiger partial charge < -0.3 is 25.4 Å². The number of ether oxygens (including phenoxy) is 1. The Morgan fingerprint density at radius 2 is 2.04 bits per heavy atom. The molecule has 1 aliphatic heterocycles. The van der Waals surface area contributed by atoms with E-state index in [4.69, 9.17) is 33.0 Å². The maximum Gasteiger partial charge on any atom is 0.506 e. The zero-order valence-electron chi connectivity index (χ0n) is 14.7. The fourth-order valence-electron chi connectivity index (χ4n) is 2.79. The molecular weight excluding hydrogens is 397 g/mol. The van der Waals surface area contributed by atoms with Crippen LogP contribution in [-0.4, -0.2) is 53.3 Å². The van der Waals surface area contributed by atoms with E-state index in [0.717, 1.165) is 19.3 Å². The number of likely N-dealkylation sites (tertiary alicyclic amines) is 1. The molecule has 148 valence electrons. The maximum absolute atomic E-state index is 12.6. The van der Waals surface area contributed by atoms with E-state index in [1.807, 2.05) is 6.92 Å². The van der Waals surface area contributed by atoms with Crippen molar-refractivity contribution in [1.82, 2.24) is 10.2 Å². The molecule has 3 N–H and O–H groups in total. The Bertz CT molecular complexity index is 716. The summed E-state index contributed by atoms with van der Waals surface area (Å²) in [5, 5.41) is 14.5. The van der Waals surface area contributed by atoms with Gasteiger partial charge in [-0.1, -0.05) is 43.0 Å². The van der Waals surface area contributed by atoms with E-state index < -0.39 is 24.3 Å². The first kappa shape index (κ1) is 21.1. The number of rotatable bonds is 7. The molecular formula is C17H21Cl2N3O5. The van der Waals surface area contributed by atoms with E-state index in [2.05, 4.69) is 10.6 Å². The summed E-state index contributed by atoms with van der Waals surface area (Å²) in [6.07, 6.45) is 0.259. The summed E-state index contributed by atoms with van der Waals surface area (Å²) >= 11 is 11.7. The third-order valence-electron chi connectivity index (χ3n) is 4.10. The van der Waals surface area contributed by atoms with Crippen LogP contribution in [0.25, 0.3) is 0 Å². The van der Waals surface area contributed by atoms with Crippen LogP contribution in [0.15, 0.2) is 18.2 Å². The molecule has 3 amide bonds. The van der Waals surface area contributed by atoms with Gasteiger partial charge in [-0.2, -0.15) is 0 Å². The lowest BCUT2D eigenvalue weighted by atomic mass is 10.2. The van der Waals surface area contributed by atoms with Gasteiger partial charge in [0.05, 0.1) is 16.6 Å². The number of halogens is 2. The predicted molar refractivity (Wildman–Crippen MR) is 101 cm³/mol. The van der Waals surface area contributed by atoms with Crippen LogP contribution >= 0.6 is 23.2 Å². The van der Waals surface area contributed by atoms with Crippen LogP contribution in [0.3, 0.4) is 0 Å². The summed E-state index contributed by atoms with van der Waals surface area (Å²) in [5.74, 6) is -0.373. The fourth-order valence-corrected chi connectivity index (χ4v) is 3.09. The van der Waals surface area contributed by atoms with E-state index in [0.29, 0.717) is 17.3 Å². The van der Waals surface area contributed by atoms with Crippen LogP contribution in [0.4, 0.5) is 15.3 Å². The second-order valence-corrected chi connectivity index (χ2v) is 6.93. The SMILES string of the molecule is CCCCCN1C[C@H](OC(=O)O)[C@H](NC(=O)Nc2ccc(Cl)c(Cl)c2)C1=O. The number of hydrogen-bond acceptors (Lipinski definition) is 4. The van der Waals surface area contributed by atoms with Crippen molar-refractivity contribution >= 4 is 47.0 Å². The van der Waals surface area contributed by atoms with Gasteiger partial charge in [0.2, 0.25) is 5.91 Å². The van der Waals surface area contributed by atoms with Gasteiger partial charge in [-0.05, 0) is 24.6 Å². The van der Waals surface area contributed by atoms with E-state index in [-0.39, 0.29) is 17.5 Å². The average Bonchev–Trinajstić information content (AvgIpc) is 2.87. The Labute approximate surface area is 166 Å². The number of urea groups is 1. The summed E-state index contributed by atoms with van der Waals surface area (Å²) in [6, 6.07) is 2.76. The molecule has 0 aliphatic carbocycles. The molecule has 1 fully saturated rings. The molecule has 0 unspecified atom stereocenters. The molecule has 1 saturated heterocycles. The molecule has 8 nitrogen and oxygen atoms in total. The highest BCUT2D eigenvalue weighted by Crippen LogP contribution is 2.25. The van der Waals surface area contributed by atoms with Crippen LogP contribution < -0.4 is 10.6 Å². The standard InChI is InChI=1S/C17H21Cl2N3O5/c1-2-3-4-7-22-9-13(27-17(25)26)14(15(22)23)21-16(24)20-10-5-6-11(18)12(19)8-10/h5-6,8,13-14H,2-4,7,9H2,1H3,(H,25,26)(H2,20,21,24)/t13-,14-/m0/s1. The summed E-state index contributed by atoms with van der Waals surface area (Å²) < 4.78 is 4.79. The summed E-state index contributed by atoms with van der Waals surface area (Å²) in [5.41, 5.74) is 0.378. The van der Waals surface area contributed by atoms with Gasteiger partial charge in [-0.3, -0.25) is 4.79 Å². The first-order chi connectivity index (χ1) is 12.8. The van der Waals surface area contributed by atoms with Crippen molar-refractivity contribution < 1.29 is 24.2 Å². The first-order valence-corrected chi connectivity index (χ1v) is 9.28. The van der Waals surface area contributed by atoms with Gasteiger partial charge in [0, 0.05) is 12.2 Å². The molecule has 1 aromatic rings. The number of benzene rings is 1. The van der Waals surface area contributed by atoms with Crippen molar-refractivity contribution in [3.05, 3.63) is 28.2 Å². The summed E-state index contributed by atoms with van der Waals surface area (Å²) in [6.45, 7) is 2.63. The Morgan fingerprint density at radius 3 is 2.67 bits per heavy atom. The minimum atomic E-state index is -1.50. The van der Waals surface area contributed by atoms with E-state index in [1.54, 1.807) is 6.07 Å². The van der Waals surface area contributed by atoms with Crippen LogP contribution in [-0.2, 0) is 9.53 Å². The van der Waals surface area contributed by atoms with Crippen molar-refractivity contribution in [2.24, 2.45) is 0 Å². The quantitative estimate of drug-likeness (QED) is 0.464. The Hall–Kier alpha value is -2.19. The Balaban J connectivity index is 2.02. The smallest absolute Gasteiger partial charge is 0.450 e. The normalized spacial score (nSPS) is 19.1. The fraction of sp³-hybridized carbons (Fsp3) is 0.471. The van der Waals surface area contributed by atoms with Gasteiger partial charge in [-0.25, -0.2) is 9.59 Å². The van der Waals surface area contributed by atoms with Crippen LogP contribution in [0, 0.1) is 0 Å². The number of carbonyl (C=O) groups excluding carboxylic acids is 2. The van der Waals surface area contributed by atoms with Crippen molar-refractivity contribution in [2.45, 2.75) is 38.3 Å². The topological polar surface area (TPSA) is 108 Å². The third kappa shape index (κ3) is 5.90. The highest BCUT2D eigenvalue weighted by Gasteiger charge is 2.43. The maximum atomic E-state index is 12.6. The van der Waals surface area contributed by atoms with Crippen LogP contribution in [0.2, 0.25) is 10.0 Å². The lowest BCUT2D eigenvalue weighted by Gasteiger charge is -2.17. The summed E-state index contributed by atoms with van der Waals surface area (Å²) in [4.78, 5) is 37.2. The van der Waals surface area contributed by atoms with Gasteiger partial charge in [0.15, 0.2) is 6.10 Å². The minimum absolute atomic E-state index is 0.104. The number of anilines is 1. The number of nitrogens with one attached hydrogen (secondary N) is 2. The number of carboxylic acid groups (broad SMARTS) is 1. The largest absolute Gasteiger partial charge is 0.506 e. The van der Waals surface area contributed by atoms with Crippen molar-refractivity contribution in [1.29, 1.82) is 0 Å². The Kier molecular flexibility index (Phi) is 7.55. The molecule has 0 radical (unpaired) electrons. The molecule has 10 heteroatoms. The number of carbonyl (C=O) groups is 3. The lowest BCUT2D eigenvalue weighted by molar-refractivity contribution is -0.129. The number of hydrogen-bond donors (Lipinski definition) is 3. The molecule has 2 atom stereocenters. The number of nitrogens with zero attached hydrogens (tertiary/aromatic N) is 1. The first-order valence-electron chi connectivity index (χ1n) is 8.52.